The second-order valence-corrected chi connectivity index (χ2v) is 7.12. The van der Waals surface area contributed by atoms with Crippen molar-refractivity contribution in [3.05, 3.63) is 60.2 Å². The van der Waals surface area contributed by atoms with Crippen molar-refractivity contribution in [3.8, 4) is 17.2 Å². The molecule has 1 fully saturated rings. The third kappa shape index (κ3) is 5.64. The van der Waals surface area contributed by atoms with E-state index < -0.39 is 0 Å². The summed E-state index contributed by atoms with van der Waals surface area (Å²) in [5.74, 6) is 1.96. The zero-order valence-corrected chi connectivity index (χ0v) is 17.8. The third-order valence-electron chi connectivity index (χ3n) is 4.37. The van der Waals surface area contributed by atoms with E-state index in [2.05, 4.69) is 14.9 Å². The van der Waals surface area contributed by atoms with E-state index in [1.165, 1.54) is 30.9 Å². The Balaban J connectivity index is 0.000000448. The van der Waals surface area contributed by atoms with Crippen molar-refractivity contribution >= 4 is 17.9 Å². The highest BCUT2D eigenvalue weighted by atomic mass is 32.2. The summed E-state index contributed by atoms with van der Waals surface area (Å²) < 4.78 is 34.3. The van der Waals surface area contributed by atoms with E-state index in [-0.39, 0.29) is 5.82 Å². The van der Waals surface area contributed by atoms with Gasteiger partial charge in [-0.1, -0.05) is 24.3 Å². The number of hydrogen-bond acceptors (Lipinski definition) is 7. The molecule has 0 aliphatic carbocycles. The maximum absolute atomic E-state index is 13.7. The van der Waals surface area contributed by atoms with Gasteiger partial charge in [-0.15, -0.1) is 10.2 Å². The van der Waals surface area contributed by atoms with Crippen LogP contribution in [0.2, 0.25) is 0 Å². The number of halogens is 1. The van der Waals surface area contributed by atoms with Gasteiger partial charge in [0.1, 0.15) is 29.3 Å². The summed E-state index contributed by atoms with van der Waals surface area (Å²) >= 11 is 1.32. The molecule has 30 heavy (non-hydrogen) atoms. The number of nitrogens with zero attached hydrogens (tertiary/aromatic N) is 3. The molecular weight excluding hydrogens is 407 g/mol. The van der Waals surface area contributed by atoms with Crippen LogP contribution in [-0.4, -0.2) is 42.2 Å². The van der Waals surface area contributed by atoms with Crippen molar-refractivity contribution < 1.29 is 18.6 Å². The molecule has 0 saturated carbocycles. The fraction of sp³-hybridized carbons (Fsp3) is 0.333. The zero-order valence-electron chi connectivity index (χ0n) is 17.0. The summed E-state index contributed by atoms with van der Waals surface area (Å²) in [6.45, 7) is 2.00. The van der Waals surface area contributed by atoms with Crippen molar-refractivity contribution in [1.29, 1.82) is 0 Å². The second kappa shape index (κ2) is 11.4. The quantitative estimate of drug-likeness (QED) is 0.552. The Morgan fingerprint density at radius 1 is 1.07 bits per heavy atom. The molecule has 0 unspecified atom stereocenters. The largest absolute Gasteiger partial charge is 0.494 e. The van der Waals surface area contributed by atoms with E-state index in [9.17, 15) is 4.39 Å². The number of benzene rings is 2. The first-order valence-electron chi connectivity index (χ1n) is 9.55. The highest BCUT2D eigenvalue weighted by Crippen LogP contribution is 2.34. The smallest absolute Gasteiger partial charge is 0.239 e. The maximum atomic E-state index is 13.7. The van der Waals surface area contributed by atoms with Gasteiger partial charge >= 0.3 is 0 Å². The number of anilines is 1. The minimum absolute atomic E-state index is 0.232. The van der Waals surface area contributed by atoms with Gasteiger partial charge in [-0.25, -0.2) is 4.39 Å². The molecule has 1 aliphatic rings. The number of rotatable bonds is 7. The number of aromatic nitrogens is 3. The molecule has 1 saturated heterocycles. The number of ether oxygens (including phenoxy) is 3. The predicted octanol–water partition coefficient (Wildman–Crippen LogP) is 4.48. The van der Waals surface area contributed by atoms with Crippen molar-refractivity contribution in [2.45, 2.75) is 18.6 Å². The molecule has 0 spiro atoms. The van der Waals surface area contributed by atoms with Crippen LogP contribution < -0.4 is 14.2 Å². The molecule has 7 nitrogen and oxygen atoms in total. The highest BCUT2D eigenvalue weighted by Gasteiger charge is 2.16. The van der Waals surface area contributed by atoms with E-state index >= 15 is 0 Å². The molecule has 4 rings (SSSR count). The molecule has 3 aromatic rings. The van der Waals surface area contributed by atoms with Crippen LogP contribution in [0.25, 0.3) is 5.69 Å². The fourth-order valence-electron chi connectivity index (χ4n) is 2.84. The van der Waals surface area contributed by atoms with Crippen LogP contribution in [-0.2, 0) is 10.5 Å². The number of nitrogens with one attached hydrogen (secondary N) is 1. The van der Waals surface area contributed by atoms with Gasteiger partial charge in [0.15, 0.2) is 0 Å². The van der Waals surface area contributed by atoms with E-state index in [4.69, 9.17) is 14.2 Å². The fourth-order valence-corrected chi connectivity index (χ4v) is 3.57. The molecule has 0 radical (unpaired) electrons. The first-order chi connectivity index (χ1) is 14.7. The summed E-state index contributed by atoms with van der Waals surface area (Å²) in [5, 5.41) is 8.02. The number of para-hydroxylation sites is 1. The molecule has 160 valence electrons. The SMILES string of the molecule is C1CCOC1.COc1cccc(OC)c1-n1cnnc1NSCc1ccccc1F. The van der Waals surface area contributed by atoms with Gasteiger partial charge in [0.25, 0.3) is 0 Å². The Labute approximate surface area is 179 Å². The van der Waals surface area contributed by atoms with E-state index in [0.29, 0.717) is 34.5 Å². The van der Waals surface area contributed by atoms with Crippen LogP contribution in [0.15, 0.2) is 48.8 Å². The van der Waals surface area contributed by atoms with Gasteiger partial charge in [-0.05, 0) is 48.6 Å². The minimum atomic E-state index is -0.232. The minimum Gasteiger partial charge on any atom is -0.494 e. The maximum Gasteiger partial charge on any atom is 0.239 e. The normalized spacial score (nSPS) is 12.8. The third-order valence-corrected chi connectivity index (χ3v) is 5.15. The van der Waals surface area contributed by atoms with E-state index in [1.54, 1.807) is 43.3 Å². The molecule has 0 bridgehead atoms. The van der Waals surface area contributed by atoms with Crippen LogP contribution in [0.4, 0.5) is 10.3 Å². The van der Waals surface area contributed by atoms with E-state index in [0.717, 1.165) is 13.2 Å². The molecule has 2 aromatic carbocycles. The molecule has 0 amide bonds. The molecule has 9 heteroatoms. The van der Waals surface area contributed by atoms with E-state index in [1.807, 2.05) is 18.2 Å². The van der Waals surface area contributed by atoms with Crippen molar-refractivity contribution in [1.82, 2.24) is 14.8 Å². The van der Waals surface area contributed by atoms with Crippen molar-refractivity contribution in [3.63, 3.8) is 0 Å². The monoisotopic (exact) mass is 432 g/mol. The van der Waals surface area contributed by atoms with Crippen LogP contribution in [0.3, 0.4) is 0 Å². The average Bonchev–Trinajstić information content (AvgIpc) is 3.50. The summed E-state index contributed by atoms with van der Waals surface area (Å²) in [6, 6.07) is 12.2. The number of hydrogen-bond donors (Lipinski definition) is 1. The van der Waals surface area contributed by atoms with Gasteiger partial charge in [0, 0.05) is 19.0 Å². The van der Waals surface area contributed by atoms with Crippen LogP contribution in [0, 0.1) is 5.82 Å². The summed E-state index contributed by atoms with van der Waals surface area (Å²) in [4.78, 5) is 0. The topological polar surface area (TPSA) is 70.4 Å². The van der Waals surface area contributed by atoms with Gasteiger partial charge in [-0.2, -0.15) is 0 Å². The Hall–Kier alpha value is -2.78. The lowest BCUT2D eigenvalue weighted by atomic mass is 10.2. The van der Waals surface area contributed by atoms with Crippen molar-refractivity contribution in [2.24, 2.45) is 0 Å². The average molecular weight is 433 g/mol. The van der Waals surface area contributed by atoms with Crippen LogP contribution in [0.5, 0.6) is 11.5 Å². The van der Waals surface area contributed by atoms with Gasteiger partial charge in [0.2, 0.25) is 5.95 Å². The number of methoxy groups -OCH3 is 2. The first-order valence-corrected chi connectivity index (χ1v) is 10.5. The molecule has 2 heterocycles. The Bertz CT molecular complexity index is 904. The molecule has 0 atom stereocenters. The molecule has 1 aliphatic heterocycles. The highest BCUT2D eigenvalue weighted by molar-refractivity contribution is 7.99. The van der Waals surface area contributed by atoms with Crippen molar-refractivity contribution in [2.75, 3.05) is 32.2 Å². The lowest BCUT2D eigenvalue weighted by Crippen LogP contribution is -2.04. The van der Waals surface area contributed by atoms with Gasteiger partial charge in [-0.3, -0.25) is 9.29 Å². The molecular formula is C21H25FN4O3S. The summed E-state index contributed by atoms with van der Waals surface area (Å²) in [6.07, 6.45) is 4.12. The Morgan fingerprint density at radius 3 is 2.37 bits per heavy atom. The summed E-state index contributed by atoms with van der Waals surface area (Å²) in [7, 11) is 3.17. The first kappa shape index (κ1) is 21.9. The molecule has 1 N–H and O–H groups in total. The zero-order chi connectivity index (χ0) is 21.2. The van der Waals surface area contributed by atoms with Crippen LogP contribution in [0.1, 0.15) is 18.4 Å². The predicted molar refractivity (Wildman–Crippen MR) is 116 cm³/mol. The lowest BCUT2D eigenvalue weighted by Gasteiger charge is -2.15. The Morgan fingerprint density at radius 2 is 1.77 bits per heavy atom. The lowest BCUT2D eigenvalue weighted by molar-refractivity contribution is 0.198. The summed E-state index contributed by atoms with van der Waals surface area (Å²) in [5.41, 5.74) is 1.30. The van der Waals surface area contributed by atoms with Gasteiger partial charge < -0.3 is 14.2 Å². The molecule has 1 aromatic heterocycles. The Kier molecular flexibility index (Phi) is 8.34. The standard InChI is InChI=1S/C17H17FN4O2S.C4H8O/c1-23-14-8-5-9-15(24-2)16(14)22-11-19-20-17(22)21-25-10-12-6-3-4-7-13(12)18;1-2-4-5-3-1/h3-9,11H,10H2,1-2H3,(H,20,21);1-4H2. The van der Waals surface area contributed by atoms with Gasteiger partial charge in [0.05, 0.1) is 14.2 Å². The second-order valence-electron chi connectivity index (χ2n) is 6.34. The van der Waals surface area contributed by atoms with Crippen LogP contribution >= 0.6 is 11.9 Å².